The highest BCUT2D eigenvalue weighted by atomic mass is 79.9. The van der Waals surface area contributed by atoms with Crippen molar-refractivity contribution in [2.75, 3.05) is 13.1 Å². The Bertz CT molecular complexity index is 538. The van der Waals surface area contributed by atoms with Crippen LogP contribution in [0.3, 0.4) is 0 Å². The molecule has 1 saturated heterocycles. The zero-order valence-corrected chi connectivity index (χ0v) is 14.0. The molecule has 0 N–H and O–H groups in total. The van der Waals surface area contributed by atoms with E-state index in [2.05, 4.69) is 15.9 Å². The summed E-state index contributed by atoms with van der Waals surface area (Å²) in [6.07, 6.45) is 2.69. The van der Waals surface area contributed by atoms with Crippen molar-refractivity contribution in [3.05, 3.63) is 28.2 Å². The van der Waals surface area contributed by atoms with Crippen molar-refractivity contribution in [2.45, 2.75) is 39.2 Å². The molecule has 1 amide bonds. The highest BCUT2D eigenvalue weighted by Crippen LogP contribution is 2.25. The van der Waals surface area contributed by atoms with Crippen molar-refractivity contribution in [1.29, 1.82) is 0 Å². The predicted molar refractivity (Wildman–Crippen MR) is 84.7 cm³/mol. The third-order valence-corrected chi connectivity index (χ3v) is 4.14. The van der Waals surface area contributed by atoms with Crippen molar-refractivity contribution in [2.24, 2.45) is 0 Å². The van der Waals surface area contributed by atoms with Gasteiger partial charge in [-0.05, 0) is 51.3 Å². The first-order chi connectivity index (χ1) is 9.99. The van der Waals surface area contributed by atoms with Crippen LogP contribution >= 0.6 is 15.9 Å². The fourth-order valence-corrected chi connectivity index (χ4v) is 2.84. The van der Waals surface area contributed by atoms with Crippen molar-refractivity contribution in [1.82, 2.24) is 4.90 Å². The summed E-state index contributed by atoms with van der Waals surface area (Å²) in [6.45, 7) is 4.82. The summed E-state index contributed by atoms with van der Waals surface area (Å²) in [5.74, 6) is 0.369. The van der Waals surface area contributed by atoms with Gasteiger partial charge in [-0.15, -0.1) is 0 Å². The van der Waals surface area contributed by atoms with Gasteiger partial charge in [0, 0.05) is 17.6 Å². The average Bonchev–Trinajstić information content (AvgIpc) is 2.47. The second-order valence-electron chi connectivity index (χ2n) is 5.34. The Morgan fingerprint density at radius 2 is 1.90 bits per heavy atom. The second-order valence-corrected chi connectivity index (χ2v) is 6.26. The molecule has 1 aromatic rings. The molecule has 1 heterocycles. The molecule has 114 valence electrons. The number of carbonyl (C=O) groups excluding carboxylic acids is 2. The normalized spacial score (nSPS) is 16.4. The highest BCUT2D eigenvalue weighted by molar-refractivity contribution is 9.10. The number of amides is 1. The van der Waals surface area contributed by atoms with Crippen LogP contribution in [-0.4, -0.2) is 35.8 Å². The van der Waals surface area contributed by atoms with Crippen molar-refractivity contribution < 1.29 is 14.3 Å². The summed E-state index contributed by atoms with van der Waals surface area (Å²) in [7, 11) is 0. The summed E-state index contributed by atoms with van der Waals surface area (Å²) < 4.78 is 6.58. The molecule has 0 spiro atoms. The van der Waals surface area contributed by atoms with E-state index in [4.69, 9.17) is 4.74 Å². The number of hydrogen-bond donors (Lipinski definition) is 0. The fraction of sp³-hybridized carbons (Fsp3) is 0.500. The van der Waals surface area contributed by atoms with Gasteiger partial charge in [-0.25, -0.2) is 0 Å². The minimum atomic E-state index is -0.588. The van der Waals surface area contributed by atoms with E-state index < -0.39 is 6.10 Å². The van der Waals surface area contributed by atoms with Crippen LogP contribution in [0.5, 0.6) is 5.75 Å². The molecular formula is C16H20BrNO3. The first-order valence-corrected chi connectivity index (χ1v) is 8.04. The number of Topliss-reactive ketones (excluding diaryl/α,β-unsaturated/α-hetero) is 1. The molecule has 0 aromatic heterocycles. The molecular weight excluding hydrogens is 334 g/mol. The third-order valence-electron chi connectivity index (χ3n) is 3.64. The maximum atomic E-state index is 12.4. The molecule has 0 radical (unpaired) electrons. The first-order valence-electron chi connectivity index (χ1n) is 7.25. The largest absolute Gasteiger partial charge is 0.480 e. The fourth-order valence-electron chi connectivity index (χ4n) is 2.50. The molecule has 1 atom stereocenters. The predicted octanol–water partition coefficient (Wildman–Crippen LogP) is 3.43. The number of carbonyl (C=O) groups is 2. The van der Waals surface area contributed by atoms with E-state index in [1.807, 2.05) is 4.90 Å². The van der Waals surface area contributed by atoms with Crippen LogP contribution in [0.4, 0.5) is 0 Å². The molecule has 1 aliphatic rings. The van der Waals surface area contributed by atoms with Gasteiger partial charge in [0.05, 0.1) is 5.56 Å². The number of likely N-dealkylation sites (tertiary alicyclic amines) is 1. The van der Waals surface area contributed by atoms with E-state index >= 15 is 0 Å². The Morgan fingerprint density at radius 1 is 1.24 bits per heavy atom. The van der Waals surface area contributed by atoms with Gasteiger partial charge in [-0.2, -0.15) is 0 Å². The number of nitrogens with zero attached hydrogens (tertiary/aromatic N) is 1. The average molecular weight is 354 g/mol. The summed E-state index contributed by atoms with van der Waals surface area (Å²) in [5.41, 5.74) is 0.497. The van der Waals surface area contributed by atoms with Gasteiger partial charge in [0.15, 0.2) is 11.9 Å². The minimum absolute atomic E-state index is 0.0100. The Hall–Kier alpha value is -1.36. The van der Waals surface area contributed by atoms with E-state index in [-0.39, 0.29) is 11.7 Å². The Morgan fingerprint density at radius 3 is 2.52 bits per heavy atom. The summed E-state index contributed by atoms with van der Waals surface area (Å²) in [6, 6.07) is 5.23. The summed E-state index contributed by atoms with van der Waals surface area (Å²) in [4.78, 5) is 25.9. The molecule has 2 rings (SSSR count). The van der Waals surface area contributed by atoms with Crippen molar-refractivity contribution in [3.8, 4) is 5.75 Å². The third kappa shape index (κ3) is 4.06. The van der Waals surface area contributed by atoms with Crippen LogP contribution in [0, 0.1) is 0 Å². The molecule has 4 nitrogen and oxygen atoms in total. The van der Waals surface area contributed by atoms with E-state index in [1.54, 1.807) is 25.1 Å². The maximum Gasteiger partial charge on any atom is 0.263 e. The molecule has 1 unspecified atom stereocenters. The monoisotopic (exact) mass is 353 g/mol. The smallest absolute Gasteiger partial charge is 0.263 e. The number of benzene rings is 1. The molecule has 5 heteroatoms. The molecule has 0 bridgehead atoms. The van der Waals surface area contributed by atoms with Crippen LogP contribution in [0.25, 0.3) is 0 Å². The zero-order chi connectivity index (χ0) is 15.4. The molecule has 0 saturated carbocycles. The zero-order valence-electron chi connectivity index (χ0n) is 12.4. The lowest BCUT2D eigenvalue weighted by molar-refractivity contribution is -0.138. The number of hydrogen-bond acceptors (Lipinski definition) is 3. The SMILES string of the molecule is CC(=O)c1ccc(Br)cc1OC(C)C(=O)N1CCCCC1. The highest BCUT2D eigenvalue weighted by Gasteiger charge is 2.24. The number of halogens is 1. The van der Waals surface area contributed by atoms with Gasteiger partial charge in [0.25, 0.3) is 5.91 Å². The van der Waals surface area contributed by atoms with Crippen LogP contribution in [0.2, 0.25) is 0 Å². The van der Waals surface area contributed by atoms with Gasteiger partial charge in [0.1, 0.15) is 5.75 Å². The second kappa shape index (κ2) is 7.07. The molecule has 1 aromatic carbocycles. The van der Waals surface area contributed by atoms with Gasteiger partial charge >= 0.3 is 0 Å². The number of ether oxygens (including phenoxy) is 1. The number of rotatable bonds is 4. The maximum absolute atomic E-state index is 12.4. The Labute approximate surface area is 133 Å². The Balaban J connectivity index is 2.11. The van der Waals surface area contributed by atoms with Gasteiger partial charge < -0.3 is 9.64 Å². The van der Waals surface area contributed by atoms with Crippen LogP contribution < -0.4 is 4.74 Å². The standard InChI is InChI=1S/C16H20BrNO3/c1-11(19)14-7-6-13(17)10-15(14)21-12(2)16(20)18-8-4-3-5-9-18/h6-7,10,12H,3-5,8-9H2,1-2H3. The van der Waals surface area contributed by atoms with Crippen LogP contribution in [-0.2, 0) is 4.79 Å². The van der Waals surface area contributed by atoms with E-state index in [0.717, 1.165) is 30.4 Å². The molecule has 1 fully saturated rings. The van der Waals surface area contributed by atoms with Crippen molar-refractivity contribution in [3.63, 3.8) is 0 Å². The minimum Gasteiger partial charge on any atom is -0.480 e. The van der Waals surface area contributed by atoms with Gasteiger partial charge in [0.2, 0.25) is 0 Å². The van der Waals surface area contributed by atoms with E-state index in [9.17, 15) is 9.59 Å². The lowest BCUT2D eigenvalue weighted by Gasteiger charge is -2.29. The van der Waals surface area contributed by atoms with E-state index in [1.165, 1.54) is 13.3 Å². The summed E-state index contributed by atoms with van der Waals surface area (Å²) >= 11 is 3.36. The quantitative estimate of drug-likeness (QED) is 0.779. The lowest BCUT2D eigenvalue weighted by Crippen LogP contribution is -2.43. The van der Waals surface area contributed by atoms with Crippen LogP contribution in [0.15, 0.2) is 22.7 Å². The van der Waals surface area contributed by atoms with Gasteiger partial charge in [-0.1, -0.05) is 15.9 Å². The topological polar surface area (TPSA) is 46.6 Å². The van der Waals surface area contributed by atoms with E-state index in [0.29, 0.717) is 11.3 Å². The first kappa shape index (κ1) is 16.0. The lowest BCUT2D eigenvalue weighted by atomic mass is 10.1. The Kier molecular flexibility index (Phi) is 5.39. The number of ketones is 1. The molecule has 21 heavy (non-hydrogen) atoms. The van der Waals surface area contributed by atoms with Crippen molar-refractivity contribution >= 4 is 27.6 Å². The number of piperidine rings is 1. The van der Waals surface area contributed by atoms with Gasteiger partial charge in [-0.3, -0.25) is 9.59 Å². The van der Waals surface area contributed by atoms with Crippen LogP contribution in [0.1, 0.15) is 43.5 Å². The summed E-state index contributed by atoms with van der Waals surface area (Å²) in [5, 5.41) is 0. The molecule has 1 aliphatic heterocycles. The molecule has 0 aliphatic carbocycles.